The van der Waals surface area contributed by atoms with Crippen LogP contribution in [0, 0.1) is 0 Å². The summed E-state index contributed by atoms with van der Waals surface area (Å²) < 4.78 is 4.33. The van der Waals surface area contributed by atoms with Crippen molar-refractivity contribution in [2.45, 2.75) is 25.8 Å². The Morgan fingerprint density at radius 2 is 2.29 bits per heavy atom. The molecule has 1 atom stereocenters. The molecule has 0 fully saturated rings. The highest BCUT2D eigenvalue weighted by Gasteiger charge is 2.09. The predicted octanol–water partition coefficient (Wildman–Crippen LogP) is 2.96. The first-order chi connectivity index (χ1) is 8.16. The molecule has 5 heteroatoms. The summed E-state index contributed by atoms with van der Waals surface area (Å²) in [5, 5.41) is 14.0. The average molecular weight is 250 g/mol. The summed E-state index contributed by atoms with van der Waals surface area (Å²) in [6, 6.07) is 8.06. The van der Waals surface area contributed by atoms with E-state index >= 15 is 0 Å². The summed E-state index contributed by atoms with van der Waals surface area (Å²) in [6.45, 7) is 1.98. The number of carbonyl (C=O) groups is 1. The Kier molecular flexibility index (Phi) is 3.58. The average Bonchev–Trinajstić information content (AvgIpc) is 2.70. The molecule has 1 unspecified atom stereocenters. The Hall–Kier alpha value is -1.62. The molecule has 0 amide bonds. The Bertz CT molecular complexity index is 524. The number of aliphatic carboxylic acids is 1. The lowest BCUT2D eigenvalue weighted by Crippen LogP contribution is -2.15. The molecule has 0 bridgehead atoms. The van der Waals surface area contributed by atoms with Crippen molar-refractivity contribution in [2.24, 2.45) is 0 Å². The zero-order chi connectivity index (χ0) is 12.3. The van der Waals surface area contributed by atoms with E-state index in [1.54, 1.807) is 0 Å². The minimum absolute atomic E-state index is 0.134. The summed E-state index contributed by atoms with van der Waals surface area (Å²) in [7, 11) is 0. The van der Waals surface area contributed by atoms with Crippen molar-refractivity contribution in [3.05, 3.63) is 24.3 Å². The van der Waals surface area contributed by atoms with Gasteiger partial charge < -0.3 is 10.4 Å². The molecule has 1 aromatic heterocycles. The van der Waals surface area contributed by atoms with E-state index in [4.69, 9.17) is 5.11 Å². The molecule has 0 aliphatic rings. The van der Waals surface area contributed by atoms with Crippen LogP contribution in [0.3, 0.4) is 0 Å². The van der Waals surface area contributed by atoms with Crippen LogP contribution in [0.2, 0.25) is 0 Å². The summed E-state index contributed by atoms with van der Waals surface area (Å²) in [5.74, 6) is -0.757. The van der Waals surface area contributed by atoms with Crippen molar-refractivity contribution in [1.29, 1.82) is 0 Å². The zero-order valence-corrected chi connectivity index (χ0v) is 10.3. The Morgan fingerprint density at radius 3 is 3.06 bits per heavy atom. The Labute approximate surface area is 103 Å². The second-order valence-electron chi connectivity index (χ2n) is 4.01. The normalized spacial score (nSPS) is 12.5. The van der Waals surface area contributed by atoms with Crippen molar-refractivity contribution in [3.63, 3.8) is 0 Å². The van der Waals surface area contributed by atoms with Gasteiger partial charge in [0, 0.05) is 17.8 Å². The van der Waals surface area contributed by atoms with Gasteiger partial charge in [0.1, 0.15) is 5.00 Å². The molecule has 0 aliphatic carbocycles. The second-order valence-corrected chi connectivity index (χ2v) is 4.78. The highest BCUT2D eigenvalue weighted by Crippen LogP contribution is 2.28. The van der Waals surface area contributed by atoms with Crippen molar-refractivity contribution in [1.82, 2.24) is 4.37 Å². The van der Waals surface area contributed by atoms with E-state index in [1.165, 1.54) is 11.5 Å². The van der Waals surface area contributed by atoms with Gasteiger partial charge in [-0.05, 0) is 37.0 Å². The maximum Gasteiger partial charge on any atom is 0.303 e. The fourth-order valence-electron chi connectivity index (χ4n) is 1.63. The van der Waals surface area contributed by atoms with Crippen LogP contribution >= 0.6 is 11.5 Å². The minimum atomic E-state index is -0.757. The topological polar surface area (TPSA) is 62.2 Å². The van der Waals surface area contributed by atoms with E-state index in [-0.39, 0.29) is 12.5 Å². The van der Waals surface area contributed by atoms with E-state index in [9.17, 15) is 4.79 Å². The van der Waals surface area contributed by atoms with Crippen LogP contribution in [0.25, 0.3) is 10.9 Å². The molecule has 0 radical (unpaired) electrons. The SMILES string of the molecule is CC(CCC(=O)O)Nc1snc2ccccc12. The van der Waals surface area contributed by atoms with Crippen molar-refractivity contribution in [2.75, 3.05) is 5.32 Å². The van der Waals surface area contributed by atoms with Gasteiger partial charge in [0.05, 0.1) is 5.52 Å². The fourth-order valence-corrected chi connectivity index (χ4v) is 2.50. The molecule has 90 valence electrons. The Balaban J connectivity index is 2.05. The lowest BCUT2D eigenvalue weighted by molar-refractivity contribution is -0.137. The number of carboxylic acids is 1. The predicted molar refractivity (Wildman–Crippen MR) is 69.6 cm³/mol. The molecule has 1 aromatic carbocycles. The van der Waals surface area contributed by atoms with E-state index in [1.807, 2.05) is 31.2 Å². The number of nitrogens with zero attached hydrogens (tertiary/aromatic N) is 1. The minimum Gasteiger partial charge on any atom is -0.481 e. The number of fused-ring (bicyclic) bond motifs is 1. The standard InChI is InChI=1S/C12H14N2O2S/c1-8(6-7-11(15)16)13-12-9-4-2-3-5-10(9)14-17-12/h2-5,8,13H,6-7H2,1H3,(H,15,16). The van der Waals surface area contributed by atoms with Gasteiger partial charge in [-0.3, -0.25) is 4.79 Å². The third-order valence-electron chi connectivity index (χ3n) is 2.55. The fraction of sp³-hybridized carbons (Fsp3) is 0.333. The molecular weight excluding hydrogens is 236 g/mol. The van der Waals surface area contributed by atoms with Crippen LogP contribution in [0.1, 0.15) is 19.8 Å². The van der Waals surface area contributed by atoms with E-state index in [0.717, 1.165) is 15.9 Å². The van der Waals surface area contributed by atoms with Crippen molar-refractivity contribution in [3.8, 4) is 0 Å². The third kappa shape index (κ3) is 2.94. The summed E-state index contributed by atoms with van der Waals surface area (Å²) in [6.07, 6.45) is 0.798. The first kappa shape index (κ1) is 11.9. The number of aromatic nitrogens is 1. The zero-order valence-electron chi connectivity index (χ0n) is 9.51. The largest absolute Gasteiger partial charge is 0.481 e. The van der Waals surface area contributed by atoms with Crippen molar-refractivity contribution >= 4 is 33.4 Å². The number of nitrogens with one attached hydrogen (secondary N) is 1. The highest BCUT2D eigenvalue weighted by atomic mass is 32.1. The number of benzene rings is 1. The van der Waals surface area contributed by atoms with Crippen LogP contribution in [0.4, 0.5) is 5.00 Å². The first-order valence-corrected chi connectivity index (χ1v) is 6.27. The molecule has 0 saturated heterocycles. The molecule has 0 saturated carbocycles. The molecule has 2 N–H and O–H groups in total. The maximum absolute atomic E-state index is 10.5. The molecular formula is C12H14N2O2S. The molecule has 0 spiro atoms. The maximum atomic E-state index is 10.5. The Morgan fingerprint density at radius 1 is 1.53 bits per heavy atom. The lowest BCUT2D eigenvalue weighted by Gasteiger charge is -2.12. The van der Waals surface area contributed by atoms with Crippen LogP contribution in [0.5, 0.6) is 0 Å². The smallest absolute Gasteiger partial charge is 0.303 e. The molecule has 0 aliphatic heterocycles. The number of hydrogen-bond acceptors (Lipinski definition) is 4. The number of rotatable bonds is 5. The van der Waals surface area contributed by atoms with Crippen LogP contribution in [0.15, 0.2) is 24.3 Å². The van der Waals surface area contributed by atoms with Crippen LogP contribution in [-0.4, -0.2) is 21.5 Å². The summed E-state index contributed by atoms with van der Waals surface area (Å²) >= 11 is 1.42. The van der Waals surface area contributed by atoms with E-state index in [2.05, 4.69) is 9.69 Å². The lowest BCUT2D eigenvalue weighted by atomic mass is 10.2. The number of anilines is 1. The molecule has 2 rings (SSSR count). The number of carboxylic acid groups (broad SMARTS) is 1. The van der Waals surface area contributed by atoms with Gasteiger partial charge in [0.25, 0.3) is 0 Å². The van der Waals surface area contributed by atoms with Gasteiger partial charge in [0.2, 0.25) is 0 Å². The van der Waals surface area contributed by atoms with Gasteiger partial charge >= 0.3 is 5.97 Å². The highest BCUT2D eigenvalue weighted by molar-refractivity contribution is 7.11. The van der Waals surface area contributed by atoms with Gasteiger partial charge in [-0.15, -0.1) is 0 Å². The van der Waals surface area contributed by atoms with Gasteiger partial charge in [0.15, 0.2) is 0 Å². The second kappa shape index (κ2) is 5.14. The van der Waals surface area contributed by atoms with Crippen LogP contribution < -0.4 is 5.32 Å². The quantitative estimate of drug-likeness (QED) is 0.856. The van der Waals surface area contributed by atoms with Gasteiger partial charge in [-0.25, -0.2) is 0 Å². The van der Waals surface area contributed by atoms with E-state index in [0.29, 0.717) is 6.42 Å². The summed E-state index contributed by atoms with van der Waals surface area (Å²) in [5.41, 5.74) is 0.977. The van der Waals surface area contributed by atoms with Gasteiger partial charge in [-0.2, -0.15) is 4.37 Å². The van der Waals surface area contributed by atoms with E-state index < -0.39 is 5.97 Å². The van der Waals surface area contributed by atoms with Gasteiger partial charge in [-0.1, -0.05) is 12.1 Å². The first-order valence-electron chi connectivity index (χ1n) is 5.49. The monoisotopic (exact) mass is 250 g/mol. The van der Waals surface area contributed by atoms with Crippen LogP contribution in [-0.2, 0) is 4.79 Å². The summed E-state index contributed by atoms with van der Waals surface area (Å²) in [4.78, 5) is 10.5. The molecule has 1 heterocycles. The molecule has 17 heavy (non-hydrogen) atoms. The third-order valence-corrected chi connectivity index (χ3v) is 3.36. The molecule has 2 aromatic rings. The molecule has 4 nitrogen and oxygen atoms in total. The van der Waals surface area contributed by atoms with Crippen molar-refractivity contribution < 1.29 is 9.90 Å². The number of hydrogen-bond donors (Lipinski definition) is 2.